The van der Waals surface area contributed by atoms with Gasteiger partial charge in [0, 0.05) is 32.2 Å². The fourth-order valence-corrected chi connectivity index (χ4v) is 5.31. The third kappa shape index (κ3) is 3.15. The van der Waals surface area contributed by atoms with E-state index in [9.17, 15) is 12.8 Å². The normalized spacial score (nSPS) is 29.2. The number of methoxy groups -OCH3 is 1. The number of hydrogen-bond donors (Lipinski definition) is 0. The lowest BCUT2D eigenvalue weighted by atomic mass is 9.73. The molecule has 0 aliphatic carbocycles. The Labute approximate surface area is 136 Å². The van der Waals surface area contributed by atoms with Gasteiger partial charge >= 0.3 is 0 Å². The van der Waals surface area contributed by atoms with Crippen molar-refractivity contribution in [1.29, 1.82) is 0 Å². The number of fused-ring (bicyclic) bond motifs is 1. The molecule has 23 heavy (non-hydrogen) atoms. The molecule has 0 spiro atoms. The maximum absolute atomic E-state index is 13.4. The quantitative estimate of drug-likeness (QED) is 0.839. The maximum atomic E-state index is 13.4. The second-order valence-electron chi connectivity index (χ2n) is 6.34. The molecule has 2 saturated heterocycles. The van der Waals surface area contributed by atoms with Crippen LogP contribution in [0.4, 0.5) is 4.39 Å². The van der Waals surface area contributed by atoms with E-state index in [1.165, 1.54) is 22.5 Å². The van der Waals surface area contributed by atoms with Crippen LogP contribution in [0, 0.1) is 11.2 Å². The summed E-state index contributed by atoms with van der Waals surface area (Å²) >= 11 is 0. The van der Waals surface area contributed by atoms with Gasteiger partial charge in [-0.2, -0.15) is 4.31 Å². The number of piperidine rings is 1. The minimum absolute atomic E-state index is 0.000227. The van der Waals surface area contributed by atoms with Gasteiger partial charge in [0.25, 0.3) is 0 Å². The van der Waals surface area contributed by atoms with Gasteiger partial charge in [-0.25, -0.2) is 12.8 Å². The highest BCUT2D eigenvalue weighted by atomic mass is 32.2. The van der Waals surface area contributed by atoms with Gasteiger partial charge in [-0.15, -0.1) is 0 Å². The van der Waals surface area contributed by atoms with Gasteiger partial charge in [0.05, 0.1) is 17.6 Å². The van der Waals surface area contributed by atoms with Crippen molar-refractivity contribution in [3.8, 4) is 0 Å². The molecule has 7 heteroatoms. The molecular formula is C16H22FNO4S. The minimum Gasteiger partial charge on any atom is -0.384 e. The largest absolute Gasteiger partial charge is 0.384 e. The molecule has 0 N–H and O–H groups in total. The average Bonchev–Trinajstić information content (AvgIpc) is 2.54. The number of benzene rings is 1. The summed E-state index contributed by atoms with van der Waals surface area (Å²) < 4.78 is 51.8. The van der Waals surface area contributed by atoms with Crippen molar-refractivity contribution < 1.29 is 22.3 Å². The van der Waals surface area contributed by atoms with E-state index in [0.29, 0.717) is 32.7 Å². The van der Waals surface area contributed by atoms with Gasteiger partial charge < -0.3 is 9.47 Å². The van der Waals surface area contributed by atoms with Crippen molar-refractivity contribution in [2.45, 2.75) is 30.3 Å². The lowest BCUT2D eigenvalue weighted by Gasteiger charge is -2.49. The summed E-state index contributed by atoms with van der Waals surface area (Å²) in [6, 6.07) is 5.17. The Balaban J connectivity index is 1.89. The fraction of sp³-hybridized carbons (Fsp3) is 0.625. The molecule has 2 atom stereocenters. The van der Waals surface area contributed by atoms with Crippen molar-refractivity contribution in [2.75, 3.05) is 33.4 Å². The van der Waals surface area contributed by atoms with Crippen LogP contribution in [0.15, 0.2) is 29.2 Å². The monoisotopic (exact) mass is 343 g/mol. The van der Waals surface area contributed by atoms with Crippen molar-refractivity contribution in [2.24, 2.45) is 5.41 Å². The van der Waals surface area contributed by atoms with Gasteiger partial charge in [0.1, 0.15) is 5.82 Å². The van der Waals surface area contributed by atoms with E-state index in [2.05, 4.69) is 0 Å². The molecule has 0 amide bonds. The van der Waals surface area contributed by atoms with Gasteiger partial charge in [-0.05, 0) is 37.5 Å². The summed E-state index contributed by atoms with van der Waals surface area (Å²) in [6.45, 7) is 1.92. The van der Waals surface area contributed by atoms with Gasteiger partial charge in [-0.1, -0.05) is 6.07 Å². The van der Waals surface area contributed by atoms with Crippen LogP contribution < -0.4 is 0 Å². The molecular weight excluding hydrogens is 321 g/mol. The Kier molecular flexibility index (Phi) is 4.73. The molecule has 0 radical (unpaired) electrons. The van der Waals surface area contributed by atoms with E-state index in [4.69, 9.17) is 9.47 Å². The number of hydrogen-bond acceptors (Lipinski definition) is 4. The first kappa shape index (κ1) is 16.8. The first-order chi connectivity index (χ1) is 11.0. The zero-order chi connectivity index (χ0) is 16.5. The molecule has 0 aromatic heterocycles. The summed E-state index contributed by atoms with van der Waals surface area (Å²) in [6.07, 6.45) is 2.43. The molecule has 2 fully saturated rings. The van der Waals surface area contributed by atoms with Crippen LogP contribution in [-0.2, 0) is 19.5 Å². The average molecular weight is 343 g/mol. The molecule has 0 saturated carbocycles. The predicted molar refractivity (Wildman–Crippen MR) is 83.1 cm³/mol. The third-order valence-electron chi connectivity index (χ3n) is 4.82. The maximum Gasteiger partial charge on any atom is 0.243 e. The summed E-state index contributed by atoms with van der Waals surface area (Å²) in [5.41, 5.74) is -0.314. The van der Waals surface area contributed by atoms with Crippen LogP contribution in [0.2, 0.25) is 0 Å². The van der Waals surface area contributed by atoms with E-state index in [1.54, 1.807) is 7.11 Å². The number of halogens is 1. The van der Waals surface area contributed by atoms with Gasteiger partial charge in [0.2, 0.25) is 10.0 Å². The third-order valence-corrected chi connectivity index (χ3v) is 6.66. The van der Waals surface area contributed by atoms with E-state index >= 15 is 0 Å². The Hall–Kier alpha value is -1.02. The van der Waals surface area contributed by atoms with Crippen molar-refractivity contribution in [3.05, 3.63) is 30.1 Å². The lowest BCUT2D eigenvalue weighted by molar-refractivity contribution is -0.137. The molecule has 1 aromatic rings. The molecule has 2 aliphatic rings. The summed E-state index contributed by atoms with van der Waals surface area (Å²) in [5.74, 6) is -0.548. The molecule has 0 unspecified atom stereocenters. The highest BCUT2D eigenvalue weighted by Gasteiger charge is 2.48. The summed E-state index contributed by atoms with van der Waals surface area (Å²) in [5, 5.41) is 0. The first-order valence-electron chi connectivity index (χ1n) is 7.84. The fourth-order valence-electron chi connectivity index (χ4n) is 3.73. The van der Waals surface area contributed by atoms with E-state index in [-0.39, 0.29) is 16.4 Å². The van der Waals surface area contributed by atoms with Crippen LogP contribution in [0.25, 0.3) is 0 Å². The predicted octanol–water partition coefficient (Wildman–Crippen LogP) is 2.03. The van der Waals surface area contributed by atoms with E-state index in [0.717, 1.165) is 18.9 Å². The molecule has 128 valence electrons. The Morgan fingerprint density at radius 1 is 1.48 bits per heavy atom. The van der Waals surface area contributed by atoms with Crippen molar-refractivity contribution in [1.82, 2.24) is 4.31 Å². The summed E-state index contributed by atoms with van der Waals surface area (Å²) in [7, 11) is -2.08. The molecule has 1 aromatic carbocycles. The highest BCUT2D eigenvalue weighted by Crippen LogP contribution is 2.41. The molecule has 0 bridgehead atoms. The zero-order valence-corrected chi connectivity index (χ0v) is 14.0. The van der Waals surface area contributed by atoms with Crippen LogP contribution in [0.1, 0.15) is 19.3 Å². The minimum atomic E-state index is -3.71. The SMILES string of the molecule is COC[C@]12CCCO[C@@H]1CCN(S(=O)(=O)c1cccc(F)c1)C2. The molecule has 2 aliphatic heterocycles. The van der Waals surface area contributed by atoms with Gasteiger partial charge in [0.15, 0.2) is 0 Å². The molecule has 5 nitrogen and oxygen atoms in total. The topological polar surface area (TPSA) is 55.8 Å². The van der Waals surface area contributed by atoms with Crippen LogP contribution in [-0.4, -0.2) is 52.2 Å². The van der Waals surface area contributed by atoms with Gasteiger partial charge in [-0.3, -0.25) is 0 Å². The summed E-state index contributed by atoms with van der Waals surface area (Å²) in [4.78, 5) is 0.000227. The van der Waals surface area contributed by atoms with Crippen molar-refractivity contribution in [3.63, 3.8) is 0 Å². The van der Waals surface area contributed by atoms with E-state index in [1.807, 2.05) is 0 Å². The lowest BCUT2D eigenvalue weighted by Crippen LogP contribution is -2.57. The Bertz CT molecular complexity index is 662. The Morgan fingerprint density at radius 3 is 3.04 bits per heavy atom. The number of rotatable bonds is 4. The number of ether oxygens (including phenoxy) is 2. The second kappa shape index (κ2) is 6.47. The molecule has 2 heterocycles. The van der Waals surface area contributed by atoms with Crippen molar-refractivity contribution >= 4 is 10.0 Å². The van der Waals surface area contributed by atoms with Crippen LogP contribution >= 0.6 is 0 Å². The Morgan fingerprint density at radius 2 is 2.30 bits per heavy atom. The highest BCUT2D eigenvalue weighted by molar-refractivity contribution is 7.89. The number of sulfonamides is 1. The molecule has 3 rings (SSSR count). The second-order valence-corrected chi connectivity index (χ2v) is 8.28. The zero-order valence-electron chi connectivity index (χ0n) is 13.2. The standard InChI is InChI=1S/C16H22FNO4S/c1-21-12-16-7-3-9-22-15(16)6-8-18(11-16)23(19,20)14-5-2-4-13(17)10-14/h2,4-5,10,15H,3,6-9,11-12H2,1H3/t15-,16-/m1/s1. The smallest absolute Gasteiger partial charge is 0.243 e. The number of nitrogens with zero attached hydrogens (tertiary/aromatic N) is 1. The van der Waals surface area contributed by atoms with Crippen LogP contribution in [0.3, 0.4) is 0 Å². The van der Waals surface area contributed by atoms with Crippen LogP contribution in [0.5, 0.6) is 0 Å². The van der Waals surface area contributed by atoms with E-state index < -0.39 is 15.8 Å². The first-order valence-corrected chi connectivity index (χ1v) is 9.28.